The van der Waals surface area contributed by atoms with Crippen molar-refractivity contribution < 1.29 is 14.3 Å². The van der Waals surface area contributed by atoms with Crippen LogP contribution in [0.4, 0.5) is 0 Å². The molecule has 0 atom stereocenters. The zero-order valence-corrected chi connectivity index (χ0v) is 13.4. The van der Waals surface area contributed by atoms with Crippen LogP contribution >= 0.6 is 0 Å². The fourth-order valence-electron chi connectivity index (χ4n) is 3.30. The van der Waals surface area contributed by atoms with Gasteiger partial charge in [0.15, 0.2) is 0 Å². The molecule has 1 aliphatic carbocycles. The van der Waals surface area contributed by atoms with Crippen LogP contribution < -0.4 is 5.32 Å². The summed E-state index contributed by atoms with van der Waals surface area (Å²) in [6.07, 6.45) is 6.74. The van der Waals surface area contributed by atoms with Gasteiger partial charge in [-0.25, -0.2) is 4.79 Å². The van der Waals surface area contributed by atoms with E-state index in [1.54, 1.807) is 6.92 Å². The first-order valence-corrected chi connectivity index (χ1v) is 8.02. The van der Waals surface area contributed by atoms with E-state index in [9.17, 15) is 4.79 Å². The van der Waals surface area contributed by atoms with Gasteiger partial charge >= 0.3 is 5.97 Å². The fraction of sp³-hybridized carbons (Fsp3) is 0.938. The second-order valence-corrected chi connectivity index (χ2v) is 6.34. The molecular weight excluding hydrogens is 254 g/mol. The molecular formula is C16H31NO3. The Morgan fingerprint density at radius 3 is 2.60 bits per heavy atom. The summed E-state index contributed by atoms with van der Waals surface area (Å²) >= 11 is 0. The maximum absolute atomic E-state index is 11.1. The second kappa shape index (κ2) is 9.35. The van der Waals surface area contributed by atoms with Crippen molar-refractivity contribution in [1.82, 2.24) is 5.32 Å². The number of carbonyl (C=O) groups excluding carboxylic acids is 1. The van der Waals surface area contributed by atoms with Crippen LogP contribution in [-0.4, -0.2) is 38.9 Å². The molecule has 0 aliphatic heterocycles. The summed E-state index contributed by atoms with van der Waals surface area (Å²) in [6, 6.07) is 0. The normalized spacial score (nSPS) is 17.6. The van der Waals surface area contributed by atoms with Crippen molar-refractivity contribution in [1.29, 1.82) is 0 Å². The number of esters is 1. The van der Waals surface area contributed by atoms with Gasteiger partial charge in [-0.05, 0) is 37.5 Å². The molecule has 118 valence electrons. The van der Waals surface area contributed by atoms with Crippen molar-refractivity contribution in [2.24, 2.45) is 11.3 Å². The Hall–Kier alpha value is -0.610. The molecule has 0 heterocycles. The van der Waals surface area contributed by atoms with Gasteiger partial charge in [-0.2, -0.15) is 0 Å². The Morgan fingerprint density at radius 1 is 1.30 bits per heavy atom. The first-order chi connectivity index (χ1) is 9.58. The van der Waals surface area contributed by atoms with E-state index in [1.807, 2.05) is 0 Å². The van der Waals surface area contributed by atoms with Crippen LogP contribution in [0.2, 0.25) is 0 Å². The van der Waals surface area contributed by atoms with E-state index < -0.39 is 0 Å². The van der Waals surface area contributed by atoms with Crippen molar-refractivity contribution in [3.05, 3.63) is 0 Å². The van der Waals surface area contributed by atoms with Crippen molar-refractivity contribution in [3.8, 4) is 0 Å². The van der Waals surface area contributed by atoms with E-state index in [0.717, 1.165) is 19.0 Å². The number of carbonyl (C=O) groups is 1. The molecule has 0 bridgehead atoms. The van der Waals surface area contributed by atoms with Crippen LogP contribution in [0.15, 0.2) is 0 Å². The number of hydrogen-bond donors (Lipinski definition) is 1. The van der Waals surface area contributed by atoms with Crippen LogP contribution in [-0.2, 0) is 14.3 Å². The molecule has 0 spiro atoms. The van der Waals surface area contributed by atoms with Crippen LogP contribution in [0.3, 0.4) is 0 Å². The zero-order chi connectivity index (χ0) is 14.8. The van der Waals surface area contributed by atoms with Gasteiger partial charge in [-0.15, -0.1) is 0 Å². The van der Waals surface area contributed by atoms with E-state index in [-0.39, 0.29) is 12.6 Å². The predicted octanol–water partition coefficient (Wildman–Crippen LogP) is 2.76. The highest BCUT2D eigenvalue weighted by atomic mass is 16.6. The van der Waals surface area contributed by atoms with E-state index in [2.05, 4.69) is 19.2 Å². The van der Waals surface area contributed by atoms with Crippen molar-refractivity contribution in [2.75, 3.05) is 32.9 Å². The topological polar surface area (TPSA) is 47.6 Å². The van der Waals surface area contributed by atoms with Gasteiger partial charge in [0.05, 0.1) is 13.2 Å². The largest absolute Gasteiger partial charge is 0.464 e. The third kappa shape index (κ3) is 6.71. The minimum absolute atomic E-state index is 0.0622. The Labute approximate surface area is 123 Å². The Balaban J connectivity index is 2.11. The van der Waals surface area contributed by atoms with Crippen molar-refractivity contribution >= 4 is 5.97 Å². The SMILES string of the molecule is CCOC(=O)COCCNCC1(CC(C)C)CCCC1. The maximum Gasteiger partial charge on any atom is 0.332 e. The Kier molecular flexibility index (Phi) is 8.15. The molecule has 0 radical (unpaired) electrons. The lowest BCUT2D eigenvalue weighted by Crippen LogP contribution is -2.35. The summed E-state index contributed by atoms with van der Waals surface area (Å²) in [5.74, 6) is 0.481. The number of ether oxygens (including phenoxy) is 2. The number of nitrogens with one attached hydrogen (secondary N) is 1. The van der Waals surface area contributed by atoms with Gasteiger partial charge < -0.3 is 14.8 Å². The molecule has 1 rings (SSSR count). The lowest BCUT2D eigenvalue weighted by molar-refractivity contribution is -0.148. The first kappa shape index (κ1) is 17.4. The van der Waals surface area contributed by atoms with E-state index in [0.29, 0.717) is 18.6 Å². The van der Waals surface area contributed by atoms with E-state index in [1.165, 1.54) is 32.1 Å². The molecule has 20 heavy (non-hydrogen) atoms. The van der Waals surface area contributed by atoms with E-state index >= 15 is 0 Å². The molecule has 1 fully saturated rings. The minimum atomic E-state index is -0.278. The van der Waals surface area contributed by atoms with Crippen molar-refractivity contribution in [2.45, 2.75) is 52.9 Å². The Morgan fingerprint density at radius 2 is 2.00 bits per heavy atom. The number of hydrogen-bond acceptors (Lipinski definition) is 4. The van der Waals surface area contributed by atoms with Gasteiger partial charge in [0, 0.05) is 13.1 Å². The zero-order valence-electron chi connectivity index (χ0n) is 13.4. The lowest BCUT2D eigenvalue weighted by Gasteiger charge is -2.31. The summed E-state index contributed by atoms with van der Waals surface area (Å²) in [7, 11) is 0. The molecule has 0 aromatic carbocycles. The van der Waals surface area contributed by atoms with Gasteiger partial charge in [0.1, 0.15) is 6.61 Å². The molecule has 1 N–H and O–H groups in total. The highest BCUT2D eigenvalue weighted by molar-refractivity contribution is 5.70. The van der Waals surface area contributed by atoms with Crippen molar-refractivity contribution in [3.63, 3.8) is 0 Å². The summed E-state index contributed by atoms with van der Waals surface area (Å²) in [4.78, 5) is 11.1. The van der Waals surface area contributed by atoms with Gasteiger partial charge in [0.2, 0.25) is 0 Å². The molecule has 0 aromatic heterocycles. The molecule has 1 aliphatic rings. The predicted molar refractivity (Wildman–Crippen MR) is 80.7 cm³/mol. The minimum Gasteiger partial charge on any atom is -0.464 e. The highest BCUT2D eigenvalue weighted by Crippen LogP contribution is 2.42. The third-order valence-corrected chi connectivity index (χ3v) is 3.95. The summed E-state index contributed by atoms with van der Waals surface area (Å²) in [5, 5.41) is 3.50. The lowest BCUT2D eigenvalue weighted by atomic mass is 9.78. The average Bonchev–Trinajstić information content (AvgIpc) is 2.82. The quantitative estimate of drug-likeness (QED) is 0.495. The smallest absolute Gasteiger partial charge is 0.332 e. The molecule has 0 saturated heterocycles. The maximum atomic E-state index is 11.1. The molecule has 0 aromatic rings. The van der Waals surface area contributed by atoms with Crippen LogP contribution in [0, 0.1) is 11.3 Å². The average molecular weight is 285 g/mol. The molecule has 4 nitrogen and oxygen atoms in total. The number of rotatable bonds is 10. The fourth-order valence-corrected chi connectivity index (χ4v) is 3.30. The second-order valence-electron chi connectivity index (χ2n) is 6.34. The Bertz CT molecular complexity index is 273. The van der Waals surface area contributed by atoms with Gasteiger partial charge in [0.25, 0.3) is 0 Å². The van der Waals surface area contributed by atoms with Crippen LogP contribution in [0.25, 0.3) is 0 Å². The highest BCUT2D eigenvalue weighted by Gasteiger charge is 2.33. The van der Waals surface area contributed by atoms with Crippen LogP contribution in [0.1, 0.15) is 52.9 Å². The first-order valence-electron chi connectivity index (χ1n) is 8.02. The summed E-state index contributed by atoms with van der Waals surface area (Å²) < 4.78 is 10.1. The standard InChI is InChI=1S/C16H31NO3/c1-4-20-15(18)12-19-10-9-17-13-16(11-14(2)3)7-5-6-8-16/h14,17H,4-13H2,1-3H3. The van der Waals surface area contributed by atoms with Gasteiger partial charge in [-0.1, -0.05) is 26.7 Å². The third-order valence-electron chi connectivity index (χ3n) is 3.95. The van der Waals surface area contributed by atoms with Gasteiger partial charge in [-0.3, -0.25) is 0 Å². The summed E-state index contributed by atoms with van der Waals surface area (Å²) in [6.45, 7) is 9.34. The van der Waals surface area contributed by atoms with Crippen LogP contribution in [0.5, 0.6) is 0 Å². The molecule has 0 amide bonds. The molecule has 4 heteroatoms. The summed E-state index contributed by atoms with van der Waals surface area (Å²) in [5.41, 5.74) is 0.495. The molecule has 1 saturated carbocycles. The molecule has 0 unspecified atom stereocenters. The van der Waals surface area contributed by atoms with E-state index in [4.69, 9.17) is 9.47 Å². The monoisotopic (exact) mass is 285 g/mol.